The van der Waals surface area contributed by atoms with Gasteiger partial charge in [0.1, 0.15) is 0 Å². The summed E-state index contributed by atoms with van der Waals surface area (Å²) in [7, 11) is 0. The van der Waals surface area contributed by atoms with Crippen molar-refractivity contribution in [3.05, 3.63) is 0 Å². The third-order valence-electron chi connectivity index (χ3n) is 2.76. The van der Waals surface area contributed by atoms with Gasteiger partial charge in [-0.05, 0) is 0 Å². The number of alkyl halides is 18. The van der Waals surface area contributed by atoms with Crippen LogP contribution in [0, 0.1) is 0 Å². The van der Waals surface area contributed by atoms with Crippen molar-refractivity contribution in [2.24, 2.45) is 0 Å². The molecule has 0 amide bonds. The highest BCUT2D eigenvalue weighted by Crippen LogP contribution is 2.61. The van der Waals surface area contributed by atoms with Gasteiger partial charge in [-0.25, -0.2) is 17.9 Å². The summed E-state index contributed by atoms with van der Waals surface area (Å²) < 4.78 is 216. The van der Waals surface area contributed by atoms with E-state index in [1.54, 1.807) is 4.74 Å². The molecule has 0 spiro atoms. The lowest BCUT2D eigenvalue weighted by atomic mass is 9.94. The number of hydrogen-bond acceptors (Lipinski definition) is 1. The minimum atomic E-state index is -8.44. The summed E-state index contributed by atoms with van der Waals surface area (Å²) in [5, 5.41) is 0. The normalized spacial score (nSPS) is 17.2. The fourth-order valence-corrected chi connectivity index (χ4v) is 1.25. The fourth-order valence-electron chi connectivity index (χ4n) is 1.20. The molecule has 1 atom stereocenters. The van der Waals surface area contributed by atoms with Crippen LogP contribution in [-0.4, -0.2) is 53.9 Å². The van der Waals surface area contributed by atoms with Gasteiger partial charge in [0.2, 0.25) is 0 Å². The molecule has 0 aromatic rings. The topological polar surface area (TPSA) is 9.23 Å². The molecule has 0 aliphatic heterocycles. The Bertz CT molecular complexity index is 555. The summed E-state index contributed by atoms with van der Waals surface area (Å²) in [6.07, 6.45) is -19.9. The Hall–Kier alpha value is -0.940. The van der Waals surface area contributed by atoms with Crippen LogP contribution in [0.2, 0.25) is 0 Å². The van der Waals surface area contributed by atoms with Crippen LogP contribution in [-0.2, 0) is 4.74 Å². The van der Waals surface area contributed by atoms with Gasteiger partial charge < -0.3 is 0 Å². The highest BCUT2D eigenvalue weighted by molar-refractivity contribution is 6.20. The van der Waals surface area contributed by atoms with Gasteiger partial charge in [-0.2, -0.15) is 61.5 Å². The number of hydrogen-bond donors (Lipinski definition) is 0. The Balaban J connectivity index is 6.40. The van der Waals surface area contributed by atoms with Crippen LogP contribution in [0.25, 0.3) is 0 Å². The van der Waals surface area contributed by atoms with Crippen LogP contribution in [0.4, 0.5) is 74.6 Å². The zero-order valence-electron chi connectivity index (χ0n) is 11.9. The molecule has 0 saturated carbocycles. The van der Waals surface area contributed by atoms with E-state index in [0.717, 1.165) is 0 Å². The Labute approximate surface area is 146 Å². The van der Waals surface area contributed by atoms with E-state index in [1.165, 1.54) is 0 Å². The van der Waals surface area contributed by atoms with E-state index in [9.17, 15) is 74.6 Å². The van der Waals surface area contributed by atoms with E-state index in [4.69, 9.17) is 0 Å². The molecule has 1 nitrogen and oxygen atoms in total. The van der Waals surface area contributed by atoms with Crippen LogP contribution in [0.3, 0.4) is 0 Å². The molecule has 19 heteroatoms. The van der Waals surface area contributed by atoms with Crippen molar-refractivity contribution in [3.8, 4) is 0 Å². The van der Waals surface area contributed by atoms with Crippen molar-refractivity contribution in [3.63, 3.8) is 0 Å². The zero-order chi connectivity index (χ0) is 23.4. The Morgan fingerprint density at radius 3 is 1.14 bits per heavy atom. The molecule has 0 aliphatic carbocycles. The summed E-state index contributed by atoms with van der Waals surface area (Å²) in [5.74, 6) is -40.7. The maximum absolute atomic E-state index is 13.1. The molecule has 0 aromatic heterocycles. The first-order valence-electron chi connectivity index (χ1n) is 5.75. The molecular formula is C9H2ClF17O. The molecular weight excluding hydrogens is 483 g/mol. The molecule has 0 bridgehead atoms. The van der Waals surface area contributed by atoms with Gasteiger partial charge in [0, 0.05) is 0 Å². The van der Waals surface area contributed by atoms with E-state index >= 15 is 0 Å². The van der Waals surface area contributed by atoms with Crippen molar-refractivity contribution in [2.75, 3.05) is 0 Å². The van der Waals surface area contributed by atoms with Gasteiger partial charge >= 0.3 is 48.3 Å². The number of rotatable bonds is 9. The Kier molecular flexibility index (Phi) is 6.85. The van der Waals surface area contributed by atoms with Crippen LogP contribution in [0.15, 0.2) is 0 Å². The molecule has 28 heavy (non-hydrogen) atoms. The van der Waals surface area contributed by atoms with Gasteiger partial charge in [-0.3, -0.25) is 0 Å². The molecule has 0 rings (SSSR count). The second-order valence-electron chi connectivity index (χ2n) is 4.70. The summed E-state index contributed by atoms with van der Waals surface area (Å²) in [6.45, 7) is 0. The molecule has 0 aliphatic rings. The molecule has 0 saturated heterocycles. The average molecular weight is 485 g/mol. The van der Waals surface area contributed by atoms with Crippen LogP contribution >= 0.6 is 11.6 Å². The standard InChI is InChI=1S/C9H2ClF17O/c10-1(11)4(16,17)28-9(26,27)8(24,25)7(22,23)6(20,21)5(18,19)3(14,15)2(12)13/h1-2H. The van der Waals surface area contributed by atoms with Crippen LogP contribution in [0.1, 0.15) is 0 Å². The second-order valence-corrected chi connectivity index (χ2v) is 5.09. The number of halogens is 18. The first-order valence-corrected chi connectivity index (χ1v) is 6.19. The van der Waals surface area contributed by atoms with Crippen molar-refractivity contribution in [2.45, 2.75) is 53.9 Å². The number of ether oxygens (including phenoxy) is 1. The van der Waals surface area contributed by atoms with Crippen molar-refractivity contribution in [1.82, 2.24) is 0 Å². The Morgan fingerprint density at radius 1 is 0.536 bits per heavy atom. The van der Waals surface area contributed by atoms with Crippen molar-refractivity contribution in [1.29, 1.82) is 0 Å². The van der Waals surface area contributed by atoms with E-state index in [-0.39, 0.29) is 0 Å². The van der Waals surface area contributed by atoms with Crippen molar-refractivity contribution >= 4 is 11.6 Å². The van der Waals surface area contributed by atoms with E-state index < -0.39 is 53.9 Å². The largest absolute Gasteiger partial charge is 0.430 e. The molecule has 0 N–H and O–H groups in total. The SMILES string of the molecule is FC(Cl)C(F)(F)OC(F)(F)C(F)(F)C(F)(F)C(F)(F)C(F)(F)C(F)(F)C(F)F. The van der Waals surface area contributed by atoms with E-state index in [1.807, 2.05) is 0 Å². The molecule has 0 fully saturated rings. The molecule has 1 unspecified atom stereocenters. The van der Waals surface area contributed by atoms with Gasteiger partial charge in [-0.15, -0.1) is 0 Å². The quantitative estimate of drug-likeness (QED) is 0.281. The second kappa shape index (κ2) is 7.09. The third kappa shape index (κ3) is 3.77. The monoisotopic (exact) mass is 484 g/mol. The molecule has 0 heterocycles. The molecule has 0 radical (unpaired) electrons. The van der Waals surface area contributed by atoms with Crippen LogP contribution in [0.5, 0.6) is 0 Å². The van der Waals surface area contributed by atoms with Gasteiger partial charge in [-0.1, -0.05) is 11.6 Å². The first-order chi connectivity index (χ1) is 11.8. The molecule has 0 aromatic carbocycles. The van der Waals surface area contributed by atoms with Gasteiger partial charge in [0.25, 0.3) is 5.63 Å². The van der Waals surface area contributed by atoms with Gasteiger partial charge in [0.05, 0.1) is 0 Å². The smallest absolute Gasteiger partial charge is 0.247 e. The lowest BCUT2D eigenvalue weighted by Crippen LogP contribution is -2.72. The van der Waals surface area contributed by atoms with E-state index in [2.05, 4.69) is 11.6 Å². The minimum absolute atomic E-state index is 1.56. The van der Waals surface area contributed by atoms with Crippen LogP contribution < -0.4 is 0 Å². The maximum Gasteiger partial charge on any atom is 0.430 e. The lowest BCUT2D eigenvalue weighted by Gasteiger charge is -2.41. The third-order valence-corrected chi connectivity index (χ3v) is 3.01. The Morgan fingerprint density at radius 2 is 0.857 bits per heavy atom. The summed E-state index contributed by atoms with van der Waals surface area (Å²) in [6, 6.07) is 0. The molecule has 170 valence electrons. The fraction of sp³-hybridized carbons (Fsp3) is 1.00. The zero-order valence-corrected chi connectivity index (χ0v) is 12.6. The van der Waals surface area contributed by atoms with Crippen molar-refractivity contribution < 1.29 is 79.4 Å². The lowest BCUT2D eigenvalue weighted by molar-refractivity contribution is -0.491. The summed E-state index contributed by atoms with van der Waals surface area (Å²) in [5.41, 5.74) is -4.51. The summed E-state index contributed by atoms with van der Waals surface area (Å²) in [4.78, 5) is 0. The predicted molar refractivity (Wildman–Crippen MR) is 52.5 cm³/mol. The van der Waals surface area contributed by atoms with Gasteiger partial charge in [0.15, 0.2) is 0 Å². The summed E-state index contributed by atoms with van der Waals surface area (Å²) >= 11 is 3.84. The minimum Gasteiger partial charge on any atom is -0.247 e. The predicted octanol–water partition coefficient (Wildman–Crippen LogP) is 6.16. The highest BCUT2D eigenvalue weighted by Gasteiger charge is 2.92. The maximum atomic E-state index is 13.1. The average Bonchev–Trinajstić information content (AvgIpc) is 2.44. The first kappa shape index (κ1) is 27.1. The van der Waals surface area contributed by atoms with E-state index in [0.29, 0.717) is 0 Å². The highest BCUT2D eigenvalue weighted by atomic mass is 35.5.